The van der Waals surface area contributed by atoms with Gasteiger partial charge in [0.05, 0.1) is 13.2 Å². The molecule has 56 valence electrons. The van der Waals surface area contributed by atoms with Crippen molar-refractivity contribution in [3.8, 4) is 0 Å². The minimum atomic E-state index is -0.889. The molecule has 0 spiro atoms. The first-order valence-corrected chi connectivity index (χ1v) is 2.58. The second-order valence-corrected chi connectivity index (χ2v) is 1.63. The van der Waals surface area contributed by atoms with Gasteiger partial charge in [0.25, 0.3) is 0 Å². The lowest BCUT2D eigenvalue weighted by Gasteiger charge is -2.09. The highest BCUT2D eigenvalue weighted by molar-refractivity contribution is 4.48. The third-order valence-electron chi connectivity index (χ3n) is 0.692. The van der Waals surface area contributed by atoms with Gasteiger partial charge in [-0.1, -0.05) is 0 Å². The Kier molecular flexibility index (Phi) is 4.55. The summed E-state index contributed by atoms with van der Waals surface area (Å²) in [6.45, 7) is -0.374. The molecule has 0 aromatic heterocycles. The molecule has 6 N–H and O–H groups in total. The highest BCUT2D eigenvalue weighted by atomic mass is 16.5. The second kappa shape index (κ2) is 4.66. The van der Waals surface area contributed by atoms with Crippen LogP contribution < -0.4 is 11.5 Å². The number of ether oxygens (including phenoxy) is 1. The fraction of sp³-hybridized carbons (Fsp3) is 1.00. The van der Waals surface area contributed by atoms with E-state index in [0.717, 1.165) is 0 Å². The molecule has 1 unspecified atom stereocenters. The van der Waals surface area contributed by atoms with Crippen LogP contribution in [-0.4, -0.2) is 35.9 Å². The largest absolute Gasteiger partial charge is 0.394 e. The third kappa shape index (κ3) is 5.67. The Hall–Kier alpha value is -0.200. The topological polar surface area (TPSA) is 102 Å². The van der Waals surface area contributed by atoms with E-state index in [1.807, 2.05) is 0 Å². The lowest BCUT2D eigenvalue weighted by molar-refractivity contribution is -0.0243. The highest BCUT2D eigenvalue weighted by Crippen LogP contribution is 1.82. The van der Waals surface area contributed by atoms with E-state index in [9.17, 15) is 0 Å². The van der Waals surface area contributed by atoms with Gasteiger partial charge in [-0.15, -0.1) is 0 Å². The van der Waals surface area contributed by atoms with Crippen LogP contribution in [0.5, 0.6) is 0 Å². The van der Waals surface area contributed by atoms with Crippen LogP contribution in [0.4, 0.5) is 0 Å². The summed E-state index contributed by atoms with van der Waals surface area (Å²) >= 11 is 0. The van der Waals surface area contributed by atoms with Crippen molar-refractivity contribution >= 4 is 0 Å². The van der Waals surface area contributed by atoms with Crippen molar-refractivity contribution in [1.82, 2.24) is 0 Å². The molecule has 0 saturated carbocycles. The number of aliphatic hydroxyl groups is 2. The number of hydrogen-bond donors (Lipinski definition) is 4. The molecular formula is C4H12N2O3. The number of rotatable bonds is 4. The first-order valence-electron chi connectivity index (χ1n) is 2.58. The molecule has 9 heavy (non-hydrogen) atoms. The number of nitrogens with two attached hydrogens (primary N) is 2. The van der Waals surface area contributed by atoms with Crippen molar-refractivity contribution in [2.75, 3.05) is 13.2 Å². The maximum Gasteiger partial charge on any atom is 0.158 e. The summed E-state index contributed by atoms with van der Waals surface area (Å²) in [5, 5.41) is 16.9. The smallest absolute Gasteiger partial charge is 0.158 e. The van der Waals surface area contributed by atoms with Crippen LogP contribution in [0.2, 0.25) is 0 Å². The van der Waals surface area contributed by atoms with Crippen molar-refractivity contribution in [3.63, 3.8) is 0 Å². The van der Waals surface area contributed by atoms with Crippen LogP contribution in [0.15, 0.2) is 0 Å². The van der Waals surface area contributed by atoms with E-state index >= 15 is 0 Å². The summed E-state index contributed by atoms with van der Waals surface area (Å²) in [4.78, 5) is 0. The van der Waals surface area contributed by atoms with Crippen molar-refractivity contribution in [2.24, 2.45) is 11.5 Å². The monoisotopic (exact) mass is 136 g/mol. The summed E-state index contributed by atoms with van der Waals surface area (Å²) in [5.41, 5.74) is 9.92. The summed E-state index contributed by atoms with van der Waals surface area (Å²) in [7, 11) is 0. The zero-order valence-corrected chi connectivity index (χ0v) is 5.03. The average molecular weight is 136 g/mol. The Morgan fingerprint density at radius 1 is 1.44 bits per heavy atom. The molecule has 0 aliphatic carbocycles. The fourth-order valence-electron chi connectivity index (χ4n) is 0.275. The molecule has 0 aromatic rings. The highest BCUT2D eigenvalue weighted by Gasteiger charge is 2.02. The van der Waals surface area contributed by atoms with E-state index in [4.69, 9.17) is 21.7 Å². The van der Waals surface area contributed by atoms with Crippen molar-refractivity contribution in [2.45, 2.75) is 12.5 Å². The van der Waals surface area contributed by atoms with Gasteiger partial charge >= 0.3 is 0 Å². The van der Waals surface area contributed by atoms with Gasteiger partial charge < -0.3 is 14.9 Å². The quantitative estimate of drug-likeness (QED) is 0.321. The van der Waals surface area contributed by atoms with Crippen molar-refractivity contribution in [3.05, 3.63) is 0 Å². The van der Waals surface area contributed by atoms with Crippen molar-refractivity contribution in [1.29, 1.82) is 0 Å². The van der Waals surface area contributed by atoms with E-state index < -0.39 is 12.5 Å². The molecule has 0 fully saturated rings. The fourth-order valence-corrected chi connectivity index (χ4v) is 0.275. The molecule has 1 atom stereocenters. The average Bonchev–Trinajstić information content (AvgIpc) is 1.83. The van der Waals surface area contributed by atoms with Gasteiger partial charge in [0.2, 0.25) is 0 Å². The van der Waals surface area contributed by atoms with Crippen LogP contribution in [0.25, 0.3) is 0 Å². The van der Waals surface area contributed by atoms with Gasteiger partial charge in [0, 0.05) is 0 Å². The number of hydrogen-bond acceptors (Lipinski definition) is 5. The normalized spacial score (nSPS) is 14.3. The van der Waals surface area contributed by atoms with Crippen molar-refractivity contribution < 1.29 is 14.9 Å². The molecule has 0 amide bonds. The predicted molar refractivity (Wildman–Crippen MR) is 31.2 cm³/mol. The first kappa shape index (κ1) is 8.80. The summed E-state index contributed by atoms with van der Waals surface area (Å²) in [5.74, 6) is 0. The molecule has 0 aromatic carbocycles. The minimum absolute atomic E-state index is 0.0336. The number of aliphatic hydroxyl groups excluding tert-OH is 2. The predicted octanol–water partition coefficient (Wildman–Crippen LogP) is -2.44. The summed E-state index contributed by atoms with van der Waals surface area (Å²) < 4.78 is 4.54. The Labute approximate surface area is 53.2 Å². The molecule has 0 heterocycles. The van der Waals surface area contributed by atoms with E-state index in [1.54, 1.807) is 0 Å². The molecule has 0 saturated heterocycles. The maximum atomic E-state index is 8.62. The standard InChI is InChI=1S/C4H12N2O3/c5-4(6)9-2-3(8)1-7/h3-4,7-8H,1-2,5-6H2. The zero-order chi connectivity index (χ0) is 7.28. The lowest BCUT2D eigenvalue weighted by Crippen LogP contribution is -2.36. The molecular weight excluding hydrogens is 124 g/mol. The Balaban J connectivity index is 3.06. The third-order valence-corrected chi connectivity index (χ3v) is 0.692. The summed E-state index contributed by atoms with van der Waals surface area (Å²) in [6.07, 6.45) is -1.77. The molecule has 0 aliphatic heterocycles. The van der Waals surface area contributed by atoms with Gasteiger partial charge in [-0.2, -0.15) is 0 Å². The van der Waals surface area contributed by atoms with Crippen LogP contribution >= 0.6 is 0 Å². The van der Waals surface area contributed by atoms with Crippen LogP contribution in [0.1, 0.15) is 0 Å². The Bertz CT molecular complexity index is 68.8. The molecule has 0 bridgehead atoms. The van der Waals surface area contributed by atoms with Crippen LogP contribution in [0, 0.1) is 0 Å². The van der Waals surface area contributed by atoms with Gasteiger partial charge in [0.1, 0.15) is 6.10 Å². The Morgan fingerprint density at radius 3 is 2.33 bits per heavy atom. The second-order valence-electron chi connectivity index (χ2n) is 1.63. The maximum absolute atomic E-state index is 8.62. The zero-order valence-electron chi connectivity index (χ0n) is 5.03. The lowest BCUT2D eigenvalue weighted by atomic mass is 10.4. The molecule has 5 nitrogen and oxygen atoms in total. The van der Waals surface area contributed by atoms with Gasteiger partial charge in [0.15, 0.2) is 6.35 Å². The van der Waals surface area contributed by atoms with E-state index in [-0.39, 0.29) is 13.2 Å². The molecule has 0 radical (unpaired) electrons. The minimum Gasteiger partial charge on any atom is -0.394 e. The Morgan fingerprint density at radius 2 is 2.00 bits per heavy atom. The molecule has 0 rings (SSSR count). The first-order chi connectivity index (χ1) is 4.16. The molecule has 0 aliphatic rings. The van der Waals surface area contributed by atoms with Crippen LogP contribution in [-0.2, 0) is 4.74 Å². The van der Waals surface area contributed by atoms with Gasteiger partial charge in [-0.3, -0.25) is 11.5 Å². The summed E-state index contributed by atoms with van der Waals surface area (Å²) in [6, 6.07) is 0. The van der Waals surface area contributed by atoms with Gasteiger partial charge in [-0.25, -0.2) is 0 Å². The van der Waals surface area contributed by atoms with Gasteiger partial charge in [-0.05, 0) is 0 Å². The van der Waals surface area contributed by atoms with E-state index in [0.29, 0.717) is 0 Å². The van der Waals surface area contributed by atoms with E-state index in [2.05, 4.69) is 4.74 Å². The van der Waals surface area contributed by atoms with E-state index in [1.165, 1.54) is 0 Å². The molecule has 5 heteroatoms. The van der Waals surface area contributed by atoms with Crippen LogP contribution in [0.3, 0.4) is 0 Å². The SMILES string of the molecule is NC(N)OCC(O)CO.